The van der Waals surface area contributed by atoms with Crippen LogP contribution in [0.15, 0.2) is 24.8 Å². The van der Waals surface area contributed by atoms with Gasteiger partial charge >= 0.3 is 61.7 Å². The van der Waals surface area contributed by atoms with E-state index in [1.165, 1.54) is 24.5 Å². The molecule has 4 fully saturated rings. The number of rotatable bonds is 4. The fourth-order valence-corrected chi connectivity index (χ4v) is 3.82. The summed E-state index contributed by atoms with van der Waals surface area (Å²) in [6.45, 7) is 4.26. The molecule has 0 atom stereocenters. The molecule has 248 valence electrons. The van der Waals surface area contributed by atoms with Gasteiger partial charge in [-0.15, -0.1) is 0 Å². The molecule has 20 nitrogen and oxygen atoms in total. The molecule has 0 aliphatic carbocycles. The number of hydrogen-bond donors (Lipinski definition) is 0. The normalized spacial score (nSPS) is 18.0. The van der Waals surface area contributed by atoms with Crippen molar-refractivity contribution in [1.82, 2.24) is 9.13 Å². The van der Waals surface area contributed by atoms with E-state index in [1.54, 1.807) is 0 Å². The Labute approximate surface area is 260 Å². The van der Waals surface area contributed by atoms with Gasteiger partial charge in [0.05, 0.1) is 27.2 Å². The van der Waals surface area contributed by atoms with Crippen LogP contribution in [0.1, 0.15) is 38.3 Å². The Hall–Kier alpha value is -5.69. The molecule has 2 aromatic rings. The number of unbranched alkanes of at least 4 members (excludes halogenated alkanes) is 1. The Morgan fingerprint density at radius 1 is 0.543 bits per heavy atom. The Morgan fingerprint density at radius 3 is 1.02 bits per heavy atom. The molecule has 0 amide bonds. The minimum absolute atomic E-state index is 1.06. The van der Waals surface area contributed by atoms with Gasteiger partial charge in [0.2, 0.25) is 0 Å². The molecule has 4 aliphatic rings. The molecule has 0 radical (unpaired) electrons. The maximum atomic E-state index is 10.5. The average molecular weight is 652 g/mol. The van der Waals surface area contributed by atoms with Crippen LogP contribution in [0, 0.1) is 13.8 Å². The van der Waals surface area contributed by atoms with Crippen LogP contribution in [0.2, 0.25) is 0 Å². The highest BCUT2D eigenvalue weighted by Crippen LogP contribution is 2.25. The van der Waals surface area contributed by atoms with Crippen molar-refractivity contribution in [3.63, 3.8) is 0 Å². The first kappa shape index (κ1) is 34.8. The van der Waals surface area contributed by atoms with E-state index in [0.717, 1.165) is 13.1 Å². The highest BCUT2D eigenvalue weighted by molar-refractivity contribution is 6.74. The molecule has 2 aromatic heterocycles. The van der Waals surface area contributed by atoms with E-state index < -0.39 is 61.7 Å². The first-order valence-electron chi connectivity index (χ1n) is 13.7. The molecule has 6 rings (SSSR count). The minimum atomic E-state index is -3.30. The van der Waals surface area contributed by atoms with Crippen LogP contribution < -0.4 is 9.13 Å². The van der Waals surface area contributed by atoms with E-state index in [-0.39, 0.29) is 0 Å². The van der Waals surface area contributed by atoms with Crippen LogP contribution in [0.5, 0.6) is 0 Å². The Morgan fingerprint density at radius 2 is 0.826 bits per heavy atom. The van der Waals surface area contributed by atoms with Crippen molar-refractivity contribution >= 4 is 61.7 Å². The summed E-state index contributed by atoms with van der Waals surface area (Å²) in [7, 11) is 4.14. The number of aromatic nitrogens is 4. The predicted molar refractivity (Wildman–Crippen MR) is 142 cm³/mol. The summed E-state index contributed by atoms with van der Waals surface area (Å²) in [5.41, 5.74) is 0. The van der Waals surface area contributed by atoms with Gasteiger partial charge in [-0.2, -0.15) is 0 Å². The van der Waals surface area contributed by atoms with Gasteiger partial charge in [-0.05, 0) is 13.3 Å². The van der Waals surface area contributed by atoms with Crippen LogP contribution in [0.4, 0.5) is 0 Å². The largest absolute Gasteiger partial charge is 0.786 e. The van der Waals surface area contributed by atoms with E-state index in [1.807, 2.05) is 0 Å². The zero-order chi connectivity index (χ0) is 34.4. The molecule has 6 heterocycles. The van der Waals surface area contributed by atoms with E-state index in [2.05, 4.69) is 122 Å². The fraction of sp³-hybridized carbons (Fsp3) is 0.417. The smallest absolute Gasteiger partial charge is 0.576 e. The van der Waals surface area contributed by atoms with Crippen molar-refractivity contribution < 1.29 is 84.7 Å². The van der Waals surface area contributed by atoms with E-state index in [0.29, 0.717) is 0 Å². The predicted octanol–water partition coefficient (Wildman–Crippen LogP) is -2.69. The number of aryl methyl sites for hydroxylation is 4. The van der Waals surface area contributed by atoms with Crippen molar-refractivity contribution in [3.05, 3.63) is 36.4 Å². The van der Waals surface area contributed by atoms with Crippen LogP contribution in [-0.4, -0.2) is 70.8 Å². The lowest BCUT2D eigenvalue weighted by atomic mass is 10.1. The molecule has 46 heavy (non-hydrogen) atoms. The summed E-state index contributed by atoms with van der Waals surface area (Å²) in [4.78, 5) is 83.9. The van der Waals surface area contributed by atoms with Crippen molar-refractivity contribution in [2.45, 2.75) is 53.6 Å². The summed E-state index contributed by atoms with van der Waals surface area (Å²) in [6, 6.07) is 0. The van der Waals surface area contributed by atoms with Gasteiger partial charge in [-0.25, -0.2) is 56.6 Å². The standard InChI is InChI=1S/C9H17N2.C7H13N2.2C4BO8/c1-4-5-6-11-8-7-10(3)9(11)2;1-4-9-6-5-8(3)7(9)2;2*6-1-2(7)11-5(10-1)12-3(8)4(9)13-5/h7-8H,4-6H2,1-3H3;5-6H,4H2,1-3H3;;/q2*+1;2*-1. The molecular weight excluding hydrogens is 622 g/mol. The minimum Gasteiger partial charge on any atom is -0.576 e. The molecule has 0 saturated carbocycles. The first-order chi connectivity index (χ1) is 21.6. The number of hydrogen-bond acceptors (Lipinski definition) is 16. The third-order valence-electron chi connectivity index (χ3n) is 6.56. The van der Waals surface area contributed by atoms with Gasteiger partial charge in [-0.1, -0.05) is 13.3 Å². The highest BCUT2D eigenvalue weighted by Gasteiger charge is 2.61. The molecule has 0 N–H and O–H groups in total. The summed E-state index contributed by atoms with van der Waals surface area (Å²) >= 11 is 0. The molecule has 0 aromatic carbocycles. The topological polar surface area (TPSA) is 228 Å². The maximum absolute atomic E-state index is 10.5. The fourth-order valence-electron chi connectivity index (χ4n) is 3.82. The summed E-state index contributed by atoms with van der Waals surface area (Å²) in [6.07, 6.45) is 10.9. The second-order valence-corrected chi connectivity index (χ2v) is 9.64. The first-order valence-corrected chi connectivity index (χ1v) is 13.7. The lowest BCUT2D eigenvalue weighted by Crippen LogP contribution is -2.40. The quantitative estimate of drug-likeness (QED) is 0.186. The lowest BCUT2D eigenvalue weighted by Gasteiger charge is -2.21. The van der Waals surface area contributed by atoms with Gasteiger partial charge in [-0.3, -0.25) is 0 Å². The van der Waals surface area contributed by atoms with E-state index in [9.17, 15) is 38.4 Å². The van der Waals surface area contributed by atoms with E-state index in [4.69, 9.17) is 0 Å². The zero-order valence-corrected chi connectivity index (χ0v) is 25.6. The summed E-state index contributed by atoms with van der Waals surface area (Å²) in [5.74, 6) is -8.35. The van der Waals surface area contributed by atoms with Crippen LogP contribution in [0.3, 0.4) is 0 Å². The zero-order valence-electron chi connectivity index (χ0n) is 25.6. The number of carbonyl (C=O) groups is 8. The number of imidazole rings is 2. The second-order valence-electron chi connectivity index (χ2n) is 9.64. The van der Waals surface area contributed by atoms with Crippen molar-refractivity contribution in [2.24, 2.45) is 14.1 Å². The van der Waals surface area contributed by atoms with Crippen molar-refractivity contribution in [1.29, 1.82) is 0 Å². The van der Waals surface area contributed by atoms with Gasteiger partial charge in [0.25, 0.3) is 11.6 Å². The Bertz CT molecular complexity index is 1390. The lowest BCUT2D eigenvalue weighted by molar-refractivity contribution is -0.677. The third-order valence-corrected chi connectivity index (χ3v) is 6.56. The maximum Gasteiger partial charge on any atom is 0.786 e. The van der Waals surface area contributed by atoms with Crippen LogP contribution in [0.25, 0.3) is 0 Å². The van der Waals surface area contributed by atoms with Crippen molar-refractivity contribution in [3.8, 4) is 0 Å². The third kappa shape index (κ3) is 7.87. The van der Waals surface area contributed by atoms with Crippen LogP contribution >= 0.6 is 0 Å². The molecular formula is C24H30B2N4O16. The molecule has 0 unspecified atom stereocenters. The molecule has 2 spiro atoms. The molecule has 4 aliphatic heterocycles. The van der Waals surface area contributed by atoms with Crippen LogP contribution in [-0.2, 0) is 103 Å². The second kappa shape index (κ2) is 13.9. The summed E-state index contributed by atoms with van der Waals surface area (Å²) < 4.78 is 41.8. The SMILES string of the molecule is CCCCn1cc[n+](C)c1C.CCn1cc[n+](C)c1C.O=C1O[B-]2(OC1=O)OC(=O)C(=O)O2.O=C1O[B-]2(OC1=O)OC(=O)C(=O)O2. The highest BCUT2D eigenvalue weighted by atomic mass is 17.0. The van der Waals surface area contributed by atoms with Crippen molar-refractivity contribution in [2.75, 3.05) is 0 Å². The molecule has 4 saturated heterocycles. The Balaban J connectivity index is 0.000000169. The average Bonchev–Trinajstić information content (AvgIpc) is 3.78. The molecule has 0 bridgehead atoms. The summed E-state index contributed by atoms with van der Waals surface area (Å²) in [5, 5.41) is 0. The van der Waals surface area contributed by atoms with Gasteiger partial charge in [0, 0.05) is 13.8 Å². The van der Waals surface area contributed by atoms with Gasteiger partial charge in [0.15, 0.2) is 0 Å². The number of nitrogens with zero attached hydrogens (tertiary/aromatic N) is 4. The number of carbonyl (C=O) groups excluding carboxylic acids is 8. The monoisotopic (exact) mass is 652 g/mol. The van der Waals surface area contributed by atoms with E-state index >= 15 is 0 Å². The van der Waals surface area contributed by atoms with Gasteiger partial charge in [0.1, 0.15) is 24.8 Å². The Kier molecular flexibility index (Phi) is 10.6. The molecule has 22 heteroatoms. The van der Waals surface area contributed by atoms with Gasteiger partial charge < -0.3 is 37.2 Å².